The molecule has 2 fully saturated rings. The van der Waals surface area contributed by atoms with Gasteiger partial charge in [-0.1, -0.05) is 30.3 Å². The second-order valence-electron chi connectivity index (χ2n) is 9.91. The topological polar surface area (TPSA) is 91.7 Å². The Bertz CT molecular complexity index is 1440. The van der Waals surface area contributed by atoms with Gasteiger partial charge in [0.2, 0.25) is 0 Å². The summed E-state index contributed by atoms with van der Waals surface area (Å²) >= 11 is 0. The molecule has 37 heavy (non-hydrogen) atoms. The van der Waals surface area contributed by atoms with E-state index in [9.17, 15) is 14.9 Å². The van der Waals surface area contributed by atoms with Crippen molar-refractivity contribution < 1.29 is 19.1 Å². The zero-order chi connectivity index (χ0) is 25.5. The number of nitriles is 1. The number of hydrogen-bond donors (Lipinski definition) is 1. The summed E-state index contributed by atoms with van der Waals surface area (Å²) in [5.41, 5.74) is 4.30. The van der Waals surface area contributed by atoms with Crippen molar-refractivity contribution >= 4 is 11.8 Å². The Balaban J connectivity index is 1.24. The van der Waals surface area contributed by atoms with Crippen LogP contribution in [0.15, 0.2) is 60.7 Å². The lowest BCUT2D eigenvalue weighted by molar-refractivity contribution is 0.0695. The normalized spacial score (nSPS) is 21.1. The first-order chi connectivity index (χ1) is 18.0. The first-order valence-electron chi connectivity index (χ1n) is 12.6. The molecule has 6 rings (SSSR count). The van der Waals surface area contributed by atoms with Gasteiger partial charge in [-0.05, 0) is 72.2 Å². The van der Waals surface area contributed by atoms with Gasteiger partial charge < -0.3 is 19.7 Å². The molecule has 0 bridgehead atoms. The van der Waals surface area contributed by atoms with Gasteiger partial charge in [-0.2, -0.15) is 5.26 Å². The molecule has 0 unspecified atom stereocenters. The fourth-order valence-electron chi connectivity index (χ4n) is 5.74. The quantitative estimate of drug-likeness (QED) is 0.575. The average Bonchev–Trinajstić information content (AvgIpc) is 3.62. The van der Waals surface area contributed by atoms with Crippen molar-refractivity contribution in [1.82, 2.24) is 10.2 Å². The van der Waals surface area contributed by atoms with Gasteiger partial charge in [0, 0.05) is 18.7 Å². The maximum Gasteiger partial charge on any atom is 0.255 e. The molecule has 0 aromatic heterocycles. The second kappa shape index (κ2) is 9.29. The van der Waals surface area contributed by atoms with Gasteiger partial charge in [-0.3, -0.25) is 9.59 Å². The SMILES string of the molecule is Cc1cccc(C(=O)N2C[C@H]3C[C@H]3[C@H]2CNC(=O)c2cccc3c2OCCO3)c1-c1cccc(C#N)c1. The van der Waals surface area contributed by atoms with Crippen molar-refractivity contribution in [3.63, 3.8) is 0 Å². The number of benzene rings is 3. The molecule has 0 radical (unpaired) electrons. The van der Waals surface area contributed by atoms with E-state index in [4.69, 9.17) is 9.47 Å². The highest BCUT2D eigenvalue weighted by Gasteiger charge is 2.54. The van der Waals surface area contributed by atoms with Crippen molar-refractivity contribution in [3.8, 4) is 28.7 Å². The number of carbonyl (C=O) groups is 2. The Hall–Kier alpha value is -4.31. The van der Waals surface area contributed by atoms with Crippen LogP contribution in [0.5, 0.6) is 11.5 Å². The van der Waals surface area contributed by atoms with E-state index in [0.29, 0.717) is 66.3 Å². The number of fused-ring (bicyclic) bond motifs is 2. The molecule has 186 valence electrons. The lowest BCUT2D eigenvalue weighted by Crippen LogP contribution is -2.45. The lowest BCUT2D eigenvalue weighted by atomic mass is 9.93. The van der Waals surface area contributed by atoms with Gasteiger partial charge in [0.15, 0.2) is 11.5 Å². The highest BCUT2D eigenvalue weighted by Crippen LogP contribution is 2.50. The van der Waals surface area contributed by atoms with Crippen LogP contribution >= 0.6 is 0 Å². The minimum absolute atomic E-state index is 0.0404. The van der Waals surface area contributed by atoms with E-state index in [2.05, 4.69) is 11.4 Å². The van der Waals surface area contributed by atoms with Gasteiger partial charge in [0.05, 0.1) is 23.2 Å². The molecular weight excluding hydrogens is 466 g/mol. The number of nitrogens with zero attached hydrogens (tertiary/aromatic N) is 2. The van der Waals surface area contributed by atoms with Gasteiger partial charge in [0.1, 0.15) is 13.2 Å². The fourth-order valence-corrected chi connectivity index (χ4v) is 5.74. The Labute approximate surface area is 215 Å². The first kappa shape index (κ1) is 23.1. The molecular formula is C30H27N3O4. The summed E-state index contributed by atoms with van der Waals surface area (Å²) in [6.45, 7) is 3.91. The molecule has 1 aliphatic carbocycles. The largest absolute Gasteiger partial charge is 0.486 e. The summed E-state index contributed by atoms with van der Waals surface area (Å²) < 4.78 is 11.3. The van der Waals surface area contributed by atoms with E-state index >= 15 is 0 Å². The van der Waals surface area contributed by atoms with Crippen molar-refractivity contribution in [1.29, 1.82) is 5.26 Å². The number of ether oxygens (including phenoxy) is 2. The van der Waals surface area contributed by atoms with Crippen LogP contribution in [-0.4, -0.2) is 49.1 Å². The number of likely N-dealkylation sites (tertiary alicyclic amines) is 1. The van der Waals surface area contributed by atoms with Crippen LogP contribution in [0.3, 0.4) is 0 Å². The van der Waals surface area contributed by atoms with Crippen LogP contribution in [-0.2, 0) is 0 Å². The van der Waals surface area contributed by atoms with Crippen molar-refractivity contribution in [2.24, 2.45) is 11.8 Å². The molecule has 2 amide bonds. The second-order valence-corrected chi connectivity index (χ2v) is 9.91. The predicted octanol–water partition coefficient (Wildman–Crippen LogP) is 4.20. The average molecular weight is 494 g/mol. The minimum Gasteiger partial charge on any atom is -0.486 e. The molecule has 2 aliphatic heterocycles. The zero-order valence-corrected chi connectivity index (χ0v) is 20.6. The van der Waals surface area contributed by atoms with Crippen LogP contribution in [0.4, 0.5) is 0 Å². The number of para-hydroxylation sites is 1. The number of rotatable bonds is 5. The van der Waals surface area contributed by atoms with E-state index in [1.54, 1.807) is 24.3 Å². The van der Waals surface area contributed by atoms with Crippen LogP contribution < -0.4 is 14.8 Å². The van der Waals surface area contributed by atoms with E-state index in [1.807, 2.05) is 48.2 Å². The first-order valence-corrected chi connectivity index (χ1v) is 12.6. The summed E-state index contributed by atoms with van der Waals surface area (Å²) in [4.78, 5) is 29.0. The summed E-state index contributed by atoms with van der Waals surface area (Å²) in [5.74, 6) is 1.64. The van der Waals surface area contributed by atoms with Gasteiger partial charge in [0.25, 0.3) is 11.8 Å². The summed E-state index contributed by atoms with van der Waals surface area (Å²) in [6.07, 6.45) is 1.08. The number of hydrogen-bond acceptors (Lipinski definition) is 5. The summed E-state index contributed by atoms with van der Waals surface area (Å²) in [5, 5.41) is 12.4. The highest BCUT2D eigenvalue weighted by atomic mass is 16.6. The third-order valence-electron chi connectivity index (χ3n) is 7.63. The van der Waals surface area contributed by atoms with Crippen LogP contribution in [0.2, 0.25) is 0 Å². The standard InChI is InChI=1S/C30H27N3O4/c1-18-5-2-8-22(27(18)20-7-3-6-19(13-20)15-31)30(35)33-17-21-14-24(21)25(33)16-32-29(34)23-9-4-10-26-28(23)37-12-11-36-26/h2-10,13,21,24-25H,11-12,14,16-17H2,1H3,(H,32,34)/t21-,24-,25-/m1/s1. The zero-order valence-electron chi connectivity index (χ0n) is 20.6. The Kier molecular flexibility index (Phi) is 5.80. The maximum absolute atomic E-state index is 13.9. The molecule has 2 heterocycles. The van der Waals surface area contributed by atoms with Crippen LogP contribution in [0.25, 0.3) is 11.1 Å². The Morgan fingerprint density at radius 2 is 1.84 bits per heavy atom. The molecule has 1 saturated carbocycles. The summed E-state index contributed by atoms with van der Waals surface area (Å²) in [6, 6.07) is 20.5. The monoisotopic (exact) mass is 493 g/mol. The molecule has 1 N–H and O–H groups in total. The van der Waals surface area contributed by atoms with Gasteiger partial charge in [-0.15, -0.1) is 0 Å². The molecule has 3 aromatic rings. The Morgan fingerprint density at radius 1 is 1.05 bits per heavy atom. The number of nitrogens with one attached hydrogen (secondary N) is 1. The number of aryl methyl sites for hydroxylation is 1. The van der Waals surface area contributed by atoms with Crippen molar-refractivity contribution in [2.75, 3.05) is 26.3 Å². The summed E-state index contributed by atoms with van der Waals surface area (Å²) in [7, 11) is 0. The minimum atomic E-state index is -0.233. The van der Waals surface area contributed by atoms with Gasteiger partial charge in [-0.25, -0.2) is 0 Å². The smallest absolute Gasteiger partial charge is 0.255 e. The molecule has 3 aromatic carbocycles. The lowest BCUT2D eigenvalue weighted by Gasteiger charge is -2.29. The van der Waals surface area contributed by atoms with Crippen LogP contribution in [0, 0.1) is 30.1 Å². The number of carbonyl (C=O) groups excluding carboxylic acids is 2. The molecule has 3 aliphatic rings. The molecule has 7 heteroatoms. The predicted molar refractivity (Wildman–Crippen MR) is 138 cm³/mol. The van der Waals surface area contributed by atoms with E-state index in [0.717, 1.165) is 23.1 Å². The van der Waals surface area contributed by atoms with E-state index in [1.165, 1.54) is 0 Å². The maximum atomic E-state index is 13.9. The third-order valence-corrected chi connectivity index (χ3v) is 7.63. The van der Waals surface area contributed by atoms with E-state index < -0.39 is 0 Å². The molecule has 0 spiro atoms. The molecule has 1 saturated heterocycles. The molecule has 7 nitrogen and oxygen atoms in total. The number of amides is 2. The third kappa shape index (κ3) is 4.19. The van der Waals surface area contributed by atoms with Crippen molar-refractivity contribution in [2.45, 2.75) is 19.4 Å². The Morgan fingerprint density at radius 3 is 2.70 bits per heavy atom. The van der Waals surface area contributed by atoms with E-state index in [-0.39, 0.29) is 17.9 Å². The highest BCUT2D eigenvalue weighted by molar-refractivity contribution is 6.02. The number of piperidine rings is 1. The fraction of sp³-hybridized carbons (Fsp3) is 0.300. The van der Waals surface area contributed by atoms with Gasteiger partial charge >= 0.3 is 0 Å². The van der Waals surface area contributed by atoms with Crippen LogP contribution in [0.1, 0.15) is 38.3 Å². The molecule has 3 atom stereocenters. The van der Waals surface area contributed by atoms with Crippen molar-refractivity contribution in [3.05, 3.63) is 82.9 Å².